The van der Waals surface area contributed by atoms with Crippen molar-refractivity contribution in [2.24, 2.45) is 5.92 Å². The van der Waals surface area contributed by atoms with Crippen LogP contribution in [0, 0.1) is 5.92 Å². The maximum Gasteiger partial charge on any atom is 0.321 e. The molecule has 0 saturated carbocycles. The highest BCUT2D eigenvalue weighted by atomic mass is 31.0. The van der Waals surface area contributed by atoms with E-state index in [4.69, 9.17) is 14.2 Å². The molecule has 2 aromatic carbocycles. The molecule has 31 heavy (non-hydrogen) atoms. The Morgan fingerprint density at radius 2 is 1.52 bits per heavy atom. The molecule has 0 spiro atoms. The van der Waals surface area contributed by atoms with Crippen molar-refractivity contribution in [2.75, 3.05) is 20.8 Å². The van der Waals surface area contributed by atoms with Crippen molar-refractivity contribution in [3.8, 4) is 11.5 Å². The van der Waals surface area contributed by atoms with Gasteiger partial charge in [0.25, 0.3) is 0 Å². The van der Waals surface area contributed by atoms with Gasteiger partial charge < -0.3 is 14.2 Å². The molecular formula is C25H35O5P. The Bertz CT molecular complexity index is 800. The van der Waals surface area contributed by atoms with Gasteiger partial charge >= 0.3 is 5.97 Å². The van der Waals surface area contributed by atoms with Crippen LogP contribution in [0.25, 0.3) is 0 Å². The van der Waals surface area contributed by atoms with Crippen LogP contribution < -0.4 is 9.47 Å². The van der Waals surface area contributed by atoms with Crippen LogP contribution in [-0.2, 0) is 9.53 Å². The minimum atomic E-state index is -1.08. The van der Waals surface area contributed by atoms with Crippen molar-refractivity contribution in [1.82, 2.24) is 0 Å². The standard InChI is InChI=1S/C25H32O5.H3P/c1-5-7-12-18(6-2)17-30-25(27)22(19-13-9-8-10-14-19)24(26)23-20(28-3)15-11-16-21(23)29-4;/h8-11,13-16,18,22H,5-7,12,17H2,1-4H3;1H3. The van der Waals surface area contributed by atoms with E-state index < -0.39 is 17.7 Å². The Hall–Kier alpha value is -2.39. The summed E-state index contributed by atoms with van der Waals surface area (Å²) in [5.74, 6) is -1.01. The highest BCUT2D eigenvalue weighted by Crippen LogP contribution is 2.34. The molecular weight excluding hydrogens is 411 g/mol. The highest BCUT2D eigenvalue weighted by molar-refractivity contribution is 6.92. The number of ether oxygens (including phenoxy) is 3. The van der Waals surface area contributed by atoms with Crippen LogP contribution in [0.3, 0.4) is 0 Å². The maximum absolute atomic E-state index is 13.6. The molecule has 170 valence electrons. The molecule has 0 fully saturated rings. The van der Waals surface area contributed by atoms with Crippen molar-refractivity contribution in [3.63, 3.8) is 0 Å². The molecule has 0 bridgehead atoms. The average Bonchev–Trinajstić information content (AvgIpc) is 2.79. The minimum absolute atomic E-state index is 0. The van der Waals surface area contributed by atoms with E-state index in [1.807, 2.05) is 6.07 Å². The van der Waals surface area contributed by atoms with Crippen molar-refractivity contribution >= 4 is 21.7 Å². The van der Waals surface area contributed by atoms with E-state index in [0.717, 1.165) is 25.7 Å². The Labute approximate surface area is 189 Å². The molecule has 0 N–H and O–H groups in total. The molecule has 0 aliphatic rings. The fraction of sp³-hybridized carbons (Fsp3) is 0.440. The summed E-state index contributed by atoms with van der Waals surface area (Å²) in [6.45, 7) is 4.55. The van der Waals surface area contributed by atoms with Gasteiger partial charge in [-0.3, -0.25) is 9.59 Å². The van der Waals surface area contributed by atoms with E-state index in [1.165, 1.54) is 14.2 Å². The van der Waals surface area contributed by atoms with Gasteiger partial charge in [-0.15, -0.1) is 0 Å². The number of methoxy groups -OCH3 is 2. The molecule has 2 rings (SSSR count). The van der Waals surface area contributed by atoms with Crippen LogP contribution in [0.2, 0.25) is 0 Å². The number of carbonyl (C=O) groups is 2. The maximum atomic E-state index is 13.6. The van der Waals surface area contributed by atoms with E-state index in [-0.39, 0.29) is 15.5 Å². The summed E-state index contributed by atoms with van der Waals surface area (Å²) in [5.41, 5.74) is 0.827. The Balaban J connectivity index is 0.00000480. The number of Topliss-reactive ketones (excluding diaryl/α,β-unsaturated/α-hetero) is 1. The molecule has 0 heterocycles. The molecule has 5 nitrogen and oxygen atoms in total. The van der Waals surface area contributed by atoms with Gasteiger partial charge in [-0.2, -0.15) is 9.90 Å². The Kier molecular flexibility index (Phi) is 11.9. The first-order chi connectivity index (χ1) is 14.6. The molecule has 0 aliphatic carbocycles. The van der Waals surface area contributed by atoms with E-state index in [9.17, 15) is 9.59 Å². The second-order valence-corrected chi connectivity index (χ2v) is 7.29. The van der Waals surface area contributed by atoms with Crippen LogP contribution in [0.1, 0.15) is 61.4 Å². The molecule has 3 atom stereocenters. The molecule has 0 saturated heterocycles. The first-order valence-electron chi connectivity index (χ1n) is 10.5. The average molecular weight is 447 g/mol. The zero-order valence-electron chi connectivity index (χ0n) is 19.1. The number of hydrogen-bond acceptors (Lipinski definition) is 5. The van der Waals surface area contributed by atoms with E-state index in [2.05, 4.69) is 13.8 Å². The number of carbonyl (C=O) groups excluding carboxylic acids is 2. The van der Waals surface area contributed by atoms with Gasteiger partial charge in [-0.05, 0) is 30.0 Å². The van der Waals surface area contributed by atoms with Crippen molar-refractivity contribution in [3.05, 3.63) is 59.7 Å². The molecule has 6 heteroatoms. The summed E-state index contributed by atoms with van der Waals surface area (Å²) in [4.78, 5) is 26.7. The molecule has 0 aromatic heterocycles. The van der Waals surface area contributed by atoms with Gasteiger partial charge in [-0.1, -0.05) is 69.5 Å². The lowest BCUT2D eigenvalue weighted by Crippen LogP contribution is -2.27. The molecule has 0 amide bonds. The monoisotopic (exact) mass is 446 g/mol. The largest absolute Gasteiger partial charge is 0.496 e. The number of benzene rings is 2. The fourth-order valence-electron chi connectivity index (χ4n) is 3.46. The van der Waals surface area contributed by atoms with Gasteiger partial charge in [0.1, 0.15) is 23.0 Å². The number of rotatable bonds is 12. The van der Waals surface area contributed by atoms with Gasteiger partial charge in [-0.25, -0.2) is 0 Å². The number of esters is 1. The summed E-state index contributed by atoms with van der Waals surface area (Å²) in [7, 11) is 2.97. The van der Waals surface area contributed by atoms with Gasteiger partial charge in [0.05, 0.1) is 20.8 Å². The van der Waals surface area contributed by atoms with Crippen molar-refractivity contribution in [1.29, 1.82) is 0 Å². The lowest BCUT2D eigenvalue weighted by Gasteiger charge is -2.20. The quantitative estimate of drug-likeness (QED) is 0.187. The molecule has 3 unspecified atom stereocenters. The van der Waals surface area contributed by atoms with E-state index in [0.29, 0.717) is 29.6 Å². The van der Waals surface area contributed by atoms with E-state index >= 15 is 0 Å². The molecule has 2 aromatic rings. The summed E-state index contributed by atoms with van der Waals surface area (Å²) in [6, 6.07) is 14.1. The summed E-state index contributed by atoms with van der Waals surface area (Å²) < 4.78 is 16.4. The van der Waals surface area contributed by atoms with Crippen molar-refractivity contribution < 1.29 is 23.8 Å². The first-order valence-corrected chi connectivity index (χ1v) is 10.5. The Morgan fingerprint density at radius 3 is 2.03 bits per heavy atom. The molecule has 0 radical (unpaired) electrons. The third-order valence-corrected chi connectivity index (χ3v) is 5.31. The van der Waals surface area contributed by atoms with Crippen LogP contribution in [0.5, 0.6) is 11.5 Å². The topological polar surface area (TPSA) is 61.8 Å². The SMILES string of the molecule is CCCCC(CC)COC(=O)C(C(=O)c1c(OC)cccc1OC)c1ccccc1.P. The van der Waals surface area contributed by atoms with Crippen LogP contribution >= 0.6 is 9.90 Å². The predicted octanol–water partition coefficient (Wildman–Crippen LogP) is 5.49. The number of ketones is 1. The zero-order valence-corrected chi connectivity index (χ0v) is 20.5. The van der Waals surface area contributed by atoms with Gasteiger partial charge in [0, 0.05) is 0 Å². The smallest absolute Gasteiger partial charge is 0.321 e. The lowest BCUT2D eigenvalue weighted by molar-refractivity contribution is -0.145. The minimum Gasteiger partial charge on any atom is -0.496 e. The Morgan fingerprint density at radius 1 is 0.903 bits per heavy atom. The first kappa shape index (κ1) is 26.6. The van der Waals surface area contributed by atoms with Gasteiger partial charge in [0.15, 0.2) is 5.78 Å². The second kappa shape index (κ2) is 13.8. The number of unbranched alkanes of at least 4 members (excludes halogenated alkanes) is 1. The van der Waals surface area contributed by atoms with Crippen LogP contribution in [0.15, 0.2) is 48.5 Å². The predicted molar refractivity (Wildman–Crippen MR) is 128 cm³/mol. The molecule has 0 aliphatic heterocycles. The summed E-state index contributed by atoms with van der Waals surface area (Å²) in [6.07, 6.45) is 4.13. The fourth-order valence-corrected chi connectivity index (χ4v) is 3.46. The van der Waals surface area contributed by atoms with Crippen molar-refractivity contribution in [2.45, 2.75) is 45.4 Å². The second-order valence-electron chi connectivity index (χ2n) is 7.29. The van der Waals surface area contributed by atoms with Gasteiger partial charge in [0.2, 0.25) is 0 Å². The normalized spacial score (nSPS) is 12.3. The summed E-state index contributed by atoms with van der Waals surface area (Å²) >= 11 is 0. The third kappa shape index (κ3) is 7.07. The van der Waals surface area contributed by atoms with E-state index in [1.54, 1.807) is 42.5 Å². The number of hydrogen-bond donors (Lipinski definition) is 0. The summed E-state index contributed by atoms with van der Waals surface area (Å²) in [5, 5.41) is 0. The zero-order chi connectivity index (χ0) is 21.9. The highest BCUT2D eigenvalue weighted by Gasteiger charge is 2.34. The third-order valence-electron chi connectivity index (χ3n) is 5.31. The van der Waals surface area contributed by atoms with Crippen LogP contribution in [0.4, 0.5) is 0 Å². The van der Waals surface area contributed by atoms with Crippen LogP contribution in [-0.4, -0.2) is 32.6 Å². The lowest BCUT2D eigenvalue weighted by atomic mass is 9.89.